The van der Waals surface area contributed by atoms with E-state index >= 15 is 0 Å². The van der Waals surface area contributed by atoms with Crippen molar-refractivity contribution in [3.05, 3.63) is 0 Å². The summed E-state index contributed by atoms with van der Waals surface area (Å²) in [6.07, 6.45) is 0. The van der Waals surface area contributed by atoms with Crippen LogP contribution >= 0.6 is 0 Å². The van der Waals surface area contributed by atoms with E-state index in [1.165, 1.54) is 0 Å². The summed E-state index contributed by atoms with van der Waals surface area (Å²) in [5, 5.41) is 12.0. The van der Waals surface area contributed by atoms with Crippen molar-refractivity contribution in [1.29, 1.82) is 0 Å². The van der Waals surface area contributed by atoms with Gasteiger partial charge in [0.2, 0.25) is 0 Å². The zero-order valence-electron chi connectivity index (χ0n) is 6.31. The van der Waals surface area contributed by atoms with Crippen LogP contribution in [0.5, 0.6) is 0 Å². The van der Waals surface area contributed by atoms with Gasteiger partial charge in [-0.25, -0.2) is 0 Å². The third-order valence-electron chi connectivity index (χ3n) is 0.857. The van der Waals surface area contributed by atoms with Crippen molar-refractivity contribution < 1.29 is 5.11 Å². The van der Waals surface area contributed by atoms with Gasteiger partial charge in [0.1, 0.15) is 5.72 Å². The molecule has 0 aromatic carbocycles. The summed E-state index contributed by atoms with van der Waals surface area (Å²) in [6.45, 7) is 5.91. The Hall–Kier alpha value is -0.120. The molecule has 0 saturated heterocycles. The normalized spacial score (nSPS) is 15.7. The quantitative estimate of drug-likeness (QED) is 0.460. The number of hydrogen-bond acceptors (Lipinski definition) is 3. The topological polar surface area (TPSA) is 58.3 Å². The molecule has 0 radical (unpaired) electrons. The summed E-state index contributed by atoms with van der Waals surface area (Å²) in [5.41, 5.74) is 4.63. The van der Waals surface area contributed by atoms with E-state index in [2.05, 4.69) is 5.32 Å². The molecule has 0 aliphatic rings. The lowest BCUT2D eigenvalue weighted by atomic mass is 10.3. The lowest BCUT2D eigenvalue weighted by Gasteiger charge is -2.20. The van der Waals surface area contributed by atoms with E-state index in [4.69, 9.17) is 10.8 Å². The van der Waals surface area contributed by atoms with Crippen LogP contribution in [0, 0.1) is 0 Å². The molecule has 0 aliphatic heterocycles. The van der Waals surface area contributed by atoms with Gasteiger partial charge in [-0.3, -0.25) is 5.32 Å². The van der Waals surface area contributed by atoms with E-state index in [0.29, 0.717) is 6.54 Å². The molecule has 0 spiro atoms. The molecule has 0 aliphatic carbocycles. The molecular formula is C6H16N2O. The number of rotatable bonds is 3. The molecule has 1 atom stereocenters. The van der Waals surface area contributed by atoms with Gasteiger partial charge in [0.25, 0.3) is 0 Å². The minimum absolute atomic E-state index is 0.0939. The van der Waals surface area contributed by atoms with E-state index in [1.54, 1.807) is 13.8 Å². The van der Waals surface area contributed by atoms with Crippen LogP contribution in [0.1, 0.15) is 20.8 Å². The summed E-state index contributed by atoms with van der Waals surface area (Å²) in [7, 11) is 0. The van der Waals surface area contributed by atoms with E-state index < -0.39 is 5.72 Å². The van der Waals surface area contributed by atoms with Crippen LogP contribution in [0.2, 0.25) is 0 Å². The third kappa shape index (κ3) is 7.88. The van der Waals surface area contributed by atoms with Crippen molar-refractivity contribution in [2.24, 2.45) is 5.73 Å². The van der Waals surface area contributed by atoms with Gasteiger partial charge in [0.05, 0.1) is 0 Å². The zero-order chi connectivity index (χ0) is 7.49. The number of nitrogens with one attached hydrogen (secondary N) is 1. The standard InChI is InChI=1S/C6H16N2O/c1-5(7)4-8-6(2,3)9/h5,8-9H,4,7H2,1-3H3. The molecule has 1 unspecified atom stereocenters. The van der Waals surface area contributed by atoms with Gasteiger partial charge in [0, 0.05) is 12.6 Å². The number of hydrogen-bond donors (Lipinski definition) is 3. The fourth-order valence-electron chi connectivity index (χ4n) is 0.411. The van der Waals surface area contributed by atoms with Gasteiger partial charge < -0.3 is 10.8 Å². The largest absolute Gasteiger partial charge is 0.376 e. The van der Waals surface area contributed by atoms with Gasteiger partial charge in [0.15, 0.2) is 0 Å². The van der Waals surface area contributed by atoms with Crippen molar-refractivity contribution in [3.63, 3.8) is 0 Å². The molecule has 0 aromatic rings. The second-order valence-corrected chi connectivity index (χ2v) is 2.92. The fraction of sp³-hybridized carbons (Fsp3) is 1.00. The smallest absolute Gasteiger partial charge is 0.110 e. The third-order valence-corrected chi connectivity index (χ3v) is 0.857. The predicted molar refractivity (Wildman–Crippen MR) is 37.9 cm³/mol. The van der Waals surface area contributed by atoms with Gasteiger partial charge in [-0.1, -0.05) is 0 Å². The molecule has 4 N–H and O–H groups in total. The van der Waals surface area contributed by atoms with Crippen LogP contribution in [0.3, 0.4) is 0 Å². The van der Waals surface area contributed by atoms with Gasteiger partial charge >= 0.3 is 0 Å². The maximum Gasteiger partial charge on any atom is 0.110 e. The maximum atomic E-state index is 9.10. The van der Waals surface area contributed by atoms with Crippen LogP contribution < -0.4 is 11.1 Å². The lowest BCUT2D eigenvalue weighted by Crippen LogP contribution is -2.44. The van der Waals surface area contributed by atoms with Crippen molar-refractivity contribution in [3.8, 4) is 0 Å². The minimum atomic E-state index is -0.798. The highest BCUT2D eigenvalue weighted by atomic mass is 16.3. The molecule has 3 heteroatoms. The first-order valence-corrected chi connectivity index (χ1v) is 3.15. The molecule has 0 amide bonds. The highest BCUT2D eigenvalue weighted by molar-refractivity contribution is 4.65. The van der Waals surface area contributed by atoms with Crippen molar-refractivity contribution in [2.75, 3.05) is 6.54 Å². The first-order chi connectivity index (χ1) is 3.92. The van der Waals surface area contributed by atoms with Gasteiger partial charge in [-0.05, 0) is 20.8 Å². The Kier molecular flexibility index (Phi) is 3.11. The molecule has 3 nitrogen and oxygen atoms in total. The second kappa shape index (κ2) is 3.15. The molecule has 56 valence electrons. The van der Waals surface area contributed by atoms with Crippen molar-refractivity contribution in [2.45, 2.75) is 32.5 Å². The Labute approximate surface area is 56.2 Å². The Bertz CT molecular complexity index is 75.6. The summed E-state index contributed by atoms with van der Waals surface area (Å²) in [5.74, 6) is 0. The Morgan fingerprint density at radius 2 is 2.11 bits per heavy atom. The zero-order valence-corrected chi connectivity index (χ0v) is 6.31. The maximum absolute atomic E-state index is 9.10. The summed E-state index contributed by atoms with van der Waals surface area (Å²) >= 11 is 0. The first-order valence-electron chi connectivity index (χ1n) is 3.15. The van der Waals surface area contributed by atoms with Gasteiger partial charge in [-0.2, -0.15) is 0 Å². The Morgan fingerprint density at radius 1 is 1.67 bits per heavy atom. The van der Waals surface area contributed by atoms with Crippen LogP contribution in [0.15, 0.2) is 0 Å². The fourth-order valence-corrected chi connectivity index (χ4v) is 0.411. The Morgan fingerprint density at radius 3 is 2.22 bits per heavy atom. The lowest BCUT2D eigenvalue weighted by molar-refractivity contribution is 0.0428. The van der Waals surface area contributed by atoms with Crippen molar-refractivity contribution in [1.82, 2.24) is 5.32 Å². The second-order valence-electron chi connectivity index (χ2n) is 2.92. The number of aliphatic hydroxyl groups is 1. The highest BCUT2D eigenvalue weighted by Gasteiger charge is 2.10. The van der Waals surface area contributed by atoms with Crippen LogP contribution in [-0.2, 0) is 0 Å². The summed E-state index contributed by atoms with van der Waals surface area (Å²) in [4.78, 5) is 0. The van der Waals surface area contributed by atoms with Crippen LogP contribution in [-0.4, -0.2) is 23.4 Å². The van der Waals surface area contributed by atoms with Crippen molar-refractivity contribution >= 4 is 0 Å². The first kappa shape index (κ1) is 8.88. The van der Waals surface area contributed by atoms with E-state index in [-0.39, 0.29) is 6.04 Å². The van der Waals surface area contributed by atoms with Crippen LogP contribution in [0.25, 0.3) is 0 Å². The van der Waals surface area contributed by atoms with Gasteiger partial charge in [-0.15, -0.1) is 0 Å². The van der Waals surface area contributed by atoms with E-state index in [9.17, 15) is 0 Å². The molecule has 0 aromatic heterocycles. The highest BCUT2D eigenvalue weighted by Crippen LogP contribution is 1.92. The molecule has 0 rings (SSSR count). The molecule has 0 fully saturated rings. The SMILES string of the molecule is CC(N)CNC(C)(C)O. The average Bonchev–Trinajstić information content (AvgIpc) is 1.59. The Balaban J connectivity index is 3.28. The summed E-state index contributed by atoms with van der Waals surface area (Å²) in [6, 6.07) is 0.0939. The average molecular weight is 132 g/mol. The summed E-state index contributed by atoms with van der Waals surface area (Å²) < 4.78 is 0. The molecular weight excluding hydrogens is 116 g/mol. The number of nitrogens with two attached hydrogens (primary N) is 1. The van der Waals surface area contributed by atoms with E-state index in [0.717, 1.165) is 0 Å². The van der Waals surface area contributed by atoms with Crippen LogP contribution in [0.4, 0.5) is 0 Å². The predicted octanol–water partition coefficient (Wildman–Crippen LogP) is -0.348. The molecule has 0 heterocycles. The van der Waals surface area contributed by atoms with E-state index in [1.807, 2.05) is 6.92 Å². The molecule has 0 bridgehead atoms. The minimum Gasteiger partial charge on any atom is -0.376 e. The monoisotopic (exact) mass is 132 g/mol. The molecule has 9 heavy (non-hydrogen) atoms. The molecule has 0 saturated carbocycles.